The normalized spacial score (nSPS) is 23.1. The number of carbonyl (C=O) groups is 1. The van der Waals surface area contributed by atoms with Crippen molar-refractivity contribution < 1.29 is 4.79 Å². The fourth-order valence-electron chi connectivity index (χ4n) is 2.53. The van der Waals surface area contributed by atoms with E-state index in [0.29, 0.717) is 11.8 Å². The van der Waals surface area contributed by atoms with Crippen LogP contribution in [-0.4, -0.2) is 34.1 Å². The number of likely N-dealkylation sites (tertiary alicyclic amines) is 1. The third kappa shape index (κ3) is 2.09. The van der Waals surface area contributed by atoms with Crippen molar-refractivity contribution in [3.63, 3.8) is 0 Å². The van der Waals surface area contributed by atoms with Crippen molar-refractivity contribution in [3.05, 3.63) is 14.7 Å². The molecule has 0 aromatic carbocycles. The molecule has 1 saturated heterocycles. The second-order valence-corrected chi connectivity index (χ2v) is 6.57. The lowest BCUT2D eigenvalue weighted by atomic mass is 9.96. The van der Waals surface area contributed by atoms with Crippen LogP contribution in [-0.2, 0) is 4.79 Å². The van der Waals surface area contributed by atoms with Gasteiger partial charge in [-0.2, -0.15) is 5.10 Å². The van der Waals surface area contributed by atoms with E-state index < -0.39 is 0 Å². The number of carbonyl (C=O) groups excluding carboxylic acids is 1. The van der Waals surface area contributed by atoms with E-state index in [-0.39, 0.29) is 10.3 Å². The second-order valence-electron chi connectivity index (χ2n) is 5.58. The van der Waals surface area contributed by atoms with Crippen molar-refractivity contribution in [1.29, 1.82) is 0 Å². The number of amides is 1. The minimum absolute atomic E-state index is 0.0655. The van der Waals surface area contributed by atoms with Gasteiger partial charge in [-0.05, 0) is 25.7 Å². The van der Waals surface area contributed by atoms with Gasteiger partial charge in [-0.15, -0.1) is 0 Å². The lowest BCUT2D eigenvalue weighted by Gasteiger charge is -2.32. The van der Waals surface area contributed by atoms with Crippen molar-refractivity contribution in [2.24, 2.45) is 5.41 Å². The van der Waals surface area contributed by atoms with Crippen LogP contribution in [0.25, 0.3) is 0 Å². The molecular weight excluding hydrogens is 250 g/mol. The molecule has 1 saturated carbocycles. The highest BCUT2D eigenvalue weighted by Crippen LogP contribution is 2.47. The molecule has 1 aromatic rings. The number of aromatic nitrogens is 2. The first-order valence-electron chi connectivity index (χ1n) is 6.43. The molecule has 1 amide bonds. The molecule has 0 spiro atoms. The van der Waals surface area contributed by atoms with Gasteiger partial charge in [0.25, 0.3) is 0 Å². The van der Waals surface area contributed by atoms with Crippen LogP contribution in [0, 0.1) is 5.41 Å². The van der Waals surface area contributed by atoms with E-state index in [1.807, 2.05) is 4.90 Å². The first kappa shape index (κ1) is 11.9. The Labute approximate surface area is 109 Å². The molecule has 0 bridgehead atoms. The molecule has 2 heterocycles. The van der Waals surface area contributed by atoms with E-state index in [1.165, 1.54) is 11.3 Å². The average Bonchev–Trinajstić information content (AvgIpc) is 2.98. The minimum Gasteiger partial charge on any atom is -0.342 e. The van der Waals surface area contributed by atoms with Crippen LogP contribution in [0.3, 0.4) is 0 Å². The van der Waals surface area contributed by atoms with Gasteiger partial charge in [0.05, 0.1) is 0 Å². The Hall–Kier alpha value is -1.17. The highest BCUT2D eigenvalue weighted by atomic mass is 32.1. The van der Waals surface area contributed by atoms with Crippen LogP contribution < -0.4 is 4.87 Å². The molecule has 0 atom stereocenters. The summed E-state index contributed by atoms with van der Waals surface area (Å²) in [7, 11) is 0. The smallest absolute Gasteiger partial charge is 0.322 e. The third-order valence-corrected chi connectivity index (χ3v) is 5.01. The zero-order chi connectivity index (χ0) is 12.8. The van der Waals surface area contributed by atoms with Gasteiger partial charge in [-0.25, -0.2) is 5.10 Å². The van der Waals surface area contributed by atoms with Crippen LogP contribution in [0.5, 0.6) is 0 Å². The largest absolute Gasteiger partial charge is 0.342 e. The number of aromatic amines is 1. The summed E-state index contributed by atoms with van der Waals surface area (Å²) >= 11 is 1.20. The Kier molecular flexibility index (Phi) is 2.77. The summed E-state index contributed by atoms with van der Waals surface area (Å²) in [4.78, 5) is 25.2. The first-order valence-corrected chi connectivity index (χ1v) is 7.25. The summed E-state index contributed by atoms with van der Waals surface area (Å²) in [6.07, 6.45) is 3.91. The molecule has 1 N–H and O–H groups in total. The molecule has 98 valence electrons. The molecule has 1 aliphatic carbocycles. The standard InChI is InChI=1S/C12H17N3O2S/c1-12(4-5-12)10(16)15-6-2-8(3-7-15)9-13-14-11(17)18-9/h8H,2-7H2,1H3,(H,14,17). The Morgan fingerprint density at radius 1 is 1.44 bits per heavy atom. The lowest BCUT2D eigenvalue weighted by Crippen LogP contribution is -2.41. The SMILES string of the molecule is CC1(C(=O)N2CCC(c3n[nH]c(=O)s3)CC2)CC1. The minimum atomic E-state index is -0.0889. The van der Waals surface area contributed by atoms with E-state index in [4.69, 9.17) is 0 Å². The molecule has 2 fully saturated rings. The van der Waals surface area contributed by atoms with Crippen LogP contribution in [0.15, 0.2) is 4.79 Å². The second kappa shape index (κ2) is 4.19. The molecule has 18 heavy (non-hydrogen) atoms. The molecule has 0 unspecified atom stereocenters. The average molecular weight is 267 g/mol. The Balaban J connectivity index is 1.61. The molecular formula is C12H17N3O2S. The summed E-state index contributed by atoms with van der Waals surface area (Å²) in [5.41, 5.74) is -0.0655. The number of H-pyrrole nitrogens is 1. The van der Waals surface area contributed by atoms with E-state index >= 15 is 0 Å². The van der Waals surface area contributed by atoms with Gasteiger partial charge in [-0.3, -0.25) is 9.59 Å². The number of nitrogens with zero attached hydrogens (tertiary/aromatic N) is 2. The van der Waals surface area contributed by atoms with Crippen LogP contribution in [0.4, 0.5) is 0 Å². The van der Waals surface area contributed by atoms with E-state index in [9.17, 15) is 9.59 Å². The summed E-state index contributed by atoms with van der Waals surface area (Å²) in [6.45, 7) is 3.65. The summed E-state index contributed by atoms with van der Waals surface area (Å²) in [5.74, 6) is 0.654. The molecule has 2 aliphatic rings. The van der Waals surface area contributed by atoms with Crippen molar-refractivity contribution >= 4 is 17.2 Å². The van der Waals surface area contributed by atoms with Gasteiger partial charge in [0.2, 0.25) is 5.91 Å². The maximum absolute atomic E-state index is 12.2. The van der Waals surface area contributed by atoms with Gasteiger partial charge in [0.15, 0.2) is 0 Å². The Morgan fingerprint density at radius 2 is 2.11 bits per heavy atom. The zero-order valence-electron chi connectivity index (χ0n) is 10.4. The van der Waals surface area contributed by atoms with Crippen molar-refractivity contribution in [2.45, 2.75) is 38.5 Å². The highest BCUT2D eigenvalue weighted by molar-refractivity contribution is 7.08. The van der Waals surface area contributed by atoms with E-state index in [2.05, 4.69) is 17.1 Å². The van der Waals surface area contributed by atoms with Crippen LogP contribution in [0.1, 0.15) is 43.5 Å². The topological polar surface area (TPSA) is 66.1 Å². The fraction of sp³-hybridized carbons (Fsp3) is 0.750. The number of piperidine rings is 1. The van der Waals surface area contributed by atoms with Crippen LogP contribution >= 0.6 is 11.3 Å². The summed E-state index contributed by atoms with van der Waals surface area (Å²) < 4.78 is 0. The van der Waals surface area contributed by atoms with E-state index in [1.54, 1.807) is 0 Å². The maximum atomic E-state index is 12.2. The zero-order valence-corrected chi connectivity index (χ0v) is 11.3. The molecule has 1 aliphatic heterocycles. The van der Waals surface area contributed by atoms with Gasteiger partial charge >= 0.3 is 4.87 Å². The summed E-state index contributed by atoms with van der Waals surface area (Å²) in [6, 6.07) is 0. The molecule has 0 radical (unpaired) electrons. The van der Waals surface area contributed by atoms with Gasteiger partial charge in [0.1, 0.15) is 5.01 Å². The maximum Gasteiger partial charge on any atom is 0.322 e. The molecule has 5 nitrogen and oxygen atoms in total. The van der Waals surface area contributed by atoms with Gasteiger partial charge in [0, 0.05) is 24.4 Å². The summed E-state index contributed by atoms with van der Waals surface area (Å²) in [5, 5.41) is 7.41. The highest BCUT2D eigenvalue weighted by Gasteiger charge is 2.47. The van der Waals surface area contributed by atoms with Gasteiger partial charge in [-0.1, -0.05) is 18.3 Å². The predicted molar refractivity (Wildman–Crippen MR) is 68.6 cm³/mol. The quantitative estimate of drug-likeness (QED) is 0.879. The predicted octanol–water partition coefficient (Wildman–Crippen LogP) is 1.34. The Bertz CT molecular complexity index is 509. The molecule has 6 heteroatoms. The fourth-order valence-corrected chi connectivity index (χ4v) is 3.30. The number of rotatable bonds is 2. The number of hydrogen-bond acceptors (Lipinski definition) is 4. The number of hydrogen-bond donors (Lipinski definition) is 1. The van der Waals surface area contributed by atoms with Gasteiger partial charge < -0.3 is 4.90 Å². The molecule has 1 aromatic heterocycles. The van der Waals surface area contributed by atoms with E-state index in [0.717, 1.165) is 43.8 Å². The third-order valence-electron chi connectivity index (χ3n) is 4.10. The van der Waals surface area contributed by atoms with Crippen molar-refractivity contribution in [3.8, 4) is 0 Å². The van der Waals surface area contributed by atoms with Crippen molar-refractivity contribution in [1.82, 2.24) is 15.1 Å². The monoisotopic (exact) mass is 267 g/mol. The van der Waals surface area contributed by atoms with Crippen LogP contribution in [0.2, 0.25) is 0 Å². The lowest BCUT2D eigenvalue weighted by molar-refractivity contribution is -0.137. The van der Waals surface area contributed by atoms with Crippen molar-refractivity contribution in [2.75, 3.05) is 13.1 Å². The number of nitrogens with one attached hydrogen (secondary N) is 1. The molecule has 3 rings (SSSR count). The Morgan fingerprint density at radius 3 is 2.61 bits per heavy atom. The first-order chi connectivity index (χ1) is 8.58.